The number of hydrogen-bond donors (Lipinski definition) is 1. The maximum atomic E-state index is 13.0. The largest absolute Gasteiger partial charge is 0.351 e. The fourth-order valence-electron chi connectivity index (χ4n) is 2.63. The van der Waals surface area contributed by atoms with Crippen molar-refractivity contribution < 1.29 is 4.79 Å². The van der Waals surface area contributed by atoms with E-state index in [1.807, 2.05) is 41.5 Å². The van der Waals surface area contributed by atoms with Crippen molar-refractivity contribution in [3.63, 3.8) is 0 Å². The van der Waals surface area contributed by atoms with Gasteiger partial charge in [-0.25, -0.2) is 4.98 Å². The van der Waals surface area contributed by atoms with E-state index < -0.39 is 0 Å². The van der Waals surface area contributed by atoms with Crippen molar-refractivity contribution in [2.24, 2.45) is 0 Å². The van der Waals surface area contributed by atoms with Crippen molar-refractivity contribution >= 4 is 28.7 Å². The fourth-order valence-corrected chi connectivity index (χ4v) is 3.45. The van der Waals surface area contributed by atoms with Crippen LogP contribution in [0.1, 0.15) is 46.7 Å². The first kappa shape index (κ1) is 19.5. The highest BCUT2D eigenvalue weighted by molar-refractivity contribution is 7.99. The number of nitrogens with zero attached hydrogens (tertiary/aromatic N) is 4. The molecule has 2 aromatic rings. The van der Waals surface area contributed by atoms with E-state index in [2.05, 4.69) is 15.4 Å². The Labute approximate surface area is 152 Å². The molecule has 0 atom stereocenters. The van der Waals surface area contributed by atoms with Gasteiger partial charge in [0.25, 0.3) is 5.56 Å². The lowest BCUT2D eigenvalue weighted by molar-refractivity contribution is -0.119. The summed E-state index contributed by atoms with van der Waals surface area (Å²) >= 11 is 1.29. The number of hydrogen-bond acceptors (Lipinski definition) is 5. The van der Waals surface area contributed by atoms with Gasteiger partial charge in [0.2, 0.25) is 5.91 Å². The third-order valence-corrected chi connectivity index (χ3v) is 4.55. The van der Waals surface area contributed by atoms with Crippen LogP contribution in [0.4, 0.5) is 0 Å². The molecule has 25 heavy (non-hydrogen) atoms. The zero-order valence-electron chi connectivity index (χ0n) is 15.8. The minimum Gasteiger partial charge on any atom is -0.351 e. The second-order valence-electron chi connectivity index (χ2n) is 7.04. The smallest absolute Gasteiger partial charge is 0.280 e. The molecular weight excluding hydrogens is 338 g/mol. The van der Waals surface area contributed by atoms with Crippen LogP contribution in [-0.2, 0) is 17.9 Å². The highest BCUT2D eigenvalue weighted by Gasteiger charge is 2.19. The number of amides is 1. The lowest BCUT2D eigenvalue weighted by atomic mass is 10.1. The van der Waals surface area contributed by atoms with Crippen molar-refractivity contribution in [3.05, 3.63) is 16.0 Å². The van der Waals surface area contributed by atoms with Crippen LogP contribution in [-0.4, -0.2) is 36.5 Å². The molecule has 0 aromatic carbocycles. The van der Waals surface area contributed by atoms with Gasteiger partial charge in [-0.2, -0.15) is 5.10 Å². The minimum absolute atomic E-state index is 0.0733. The molecule has 0 spiro atoms. The molecule has 1 N–H and O–H groups in total. The van der Waals surface area contributed by atoms with Gasteiger partial charge in [-0.1, -0.05) is 18.7 Å². The van der Waals surface area contributed by atoms with Gasteiger partial charge >= 0.3 is 0 Å². The van der Waals surface area contributed by atoms with Gasteiger partial charge in [-0.05, 0) is 41.0 Å². The number of carbonyl (C=O) groups is 1. The van der Waals surface area contributed by atoms with Crippen LogP contribution in [0.25, 0.3) is 11.0 Å². The summed E-state index contributed by atoms with van der Waals surface area (Å²) in [5.41, 5.74) is 1.53. The topological polar surface area (TPSA) is 81.8 Å². The second kappa shape index (κ2) is 7.59. The molecule has 0 saturated heterocycles. The number of nitrogens with one attached hydrogen (secondary N) is 1. The molecule has 7 nitrogen and oxygen atoms in total. The molecule has 0 unspecified atom stereocenters. The molecule has 0 saturated carbocycles. The van der Waals surface area contributed by atoms with E-state index in [-0.39, 0.29) is 22.8 Å². The molecule has 0 fully saturated rings. The molecule has 2 heterocycles. The van der Waals surface area contributed by atoms with Crippen LogP contribution in [0, 0.1) is 6.92 Å². The number of rotatable bonds is 6. The highest BCUT2D eigenvalue weighted by Crippen LogP contribution is 2.20. The van der Waals surface area contributed by atoms with E-state index in [4.69, 9.17) is 0 Å². The average Bonchev–Trinajstić information content (AvgIpc) is 2.83. The Bertz CT molecular complexity index is 832. The Morgan fingerprint density at radius 1 is 1.28 bits per heavy atom. The third-order valence-electron chi connectivity index (χ3n) is 3.58. The highest BCUT2D eigenvalue weighted by atomic mass is 32.2. The van der Waals surface area contributed by atoms with Crippen molar-refractivity contribution in [2.75, 3.05) is 5.75 Å². The molecule has 2 aromatic heterocycles. The summed E-state index contributed by atoms with van der Waals surface area (Å²) in [7, 11) is 0. The van der Waals surface area contributed by atoms with Crippen LogP contribution in [0.5, 0.6) is 0 Å². The van der Waals surface area contributed by atoms with Gasteiger partial charge in [0.05, 0.1) is 11.4 Å². The van der Waals surface area contributed by atoms with E-state index in [9.17, 15) is 9.59 Å². The monoisotopic (exact) mass is 365 g/mol. The van der Waals surface area contributed by atoms with E-state index in [0.717, 1.165) is 12.1 Å². The molecule has 2 rings (SSSR count). The van der Waals surface area contributed by atoms with Crippen molar-refractivity contribution in [2.45, 2.75) is 71.7 Å². The molecular formula is C17H27N5O2S. The molecule has 0 aliphatic rings. The molecule has 1 amide bonds. The molecule has 138 valence electrons. The maximum absolute atomic E-state index is 13.0. The molecule has 0 aliphatic carbocycles. The van der Waals surface area contributed by atoms with Crippen LogP contribution in [0.15, 0.2) is 9.95 Å². The zero-order valence-corrected chi connectivity index (χ0v) is 16.7. The van der Waals surface area contributed by atoms with Crippen molar-refractivity contribution in [1.82, 2.24) is 24.6 Å². The van der Waals surface area contributed by atoms with Gasteiger partial charge < -0.3 is 5.32 Å². The fraction of sp³-hybridized carbons (Fsp3) is 0.647. The first-order chi connectivity index (χ1) is 11.7. The van der Waals surface area contributed by atoms with E-state index in [1.54, 1.807) is 9.25 Å². The molecule has 0 aliphatic heterocycles. The predicted molar refractivity (Wildman–Crippen MR) is 101 cm³/mol. The van der Waals surface area contributed by atoms with Crippen molar-refractivity contribution in [3.8, 4) is 0 Å². The number of thioether (sulfide) groups is 1. The van der Waals surface area contributed by atoms with Crippen LogP contribution in [0.2, 0.25) is 0 Å². The minimum atomic E-state index is -0.281. The first-order valence-corrected chi connectivity index (χ1v) is 9.58. The van der Waals surface area contributed by atoms with Gasteiger partial charge in [0.1, 0.15) is 5.52 Å². The summed E-state index contributed by atoms with van der Waals surface area (Å²) in [6, 6.07) is 0. The lowest BCUT2D eigenvalue weighted by Crippen LogP contribution is -2.41. The Hall–Kier alpha value is -1.83. The van der Waals surface area contributed by atoms with Crippen LogP contribution < -0.4 is 10.9 Å². The van der Waals surface area contributed by atoms with Gasteiger partial charge in [-0.3, -0.25) is 18.8 Å². The summed E-state index contributed by atoms with van der Waals surface area (Å²) < 4.78 is 3.36. The van der Waals surface area contributed by atoms with Gasteiger partial charge in [-0.15, -0.1) is 0 Å². The Kier molecular flexibility index (Phi) is 5.92. The summed E-state index contributed by atoms with van der Waals surface area (Å²) in [5.74, 6) is 0.149. The van der Waals surface area contributed by atoms with E-state index >= 15 is 0 Å². The zero-order chi connectivity index (χ0) is 18.8. The lowest BCUT2D eigenvalue weighted by Gasteiger charge is -2.20. The SMILES string of the molecule is CCCn1c(SCC(=O)NC(C)(C)C)nc2c(C)nn(CC)c2c1=O. The Morgan fingerprint density at radius 3 is 2.52 bits per heavy atom. The summed E-state index contributed by atoms with van der Waals surface area (Å²) in [4.78, 5) is 29.7. The summed E-state index contributed by atoms with van der Waals surface area (Å²) in [6.07, 6.45) is 0.814. The normalized spacial score (nSPS) is 11.9. The second-order valence-corrected chi connectivity index (χ2v) is 7.98. The first-order valence-electron chi connectivity index (χ1n) is 8.59. The Balaban J connectivity index is 2.41. The number of carbonyl (C=O) groups excluding carboxylic acids is 1. The number of aromatic nitrogens is 4. The standard InChI is InChI=1S/C17H27N5O2S/c1-7-9-21-15(24)14-13(11(3)20-22(14)8-2)18-16(21)25-10-12(23)19-17(4,5)6/h7-10H2,1-6H3,(H,19,23). The number of aryl methyl sites for hydroxylation is 2. The van der Waals surface area contributed by atoms with Gasteiger partial charge in [0.15, 0.2) is 10.7 Å². The third kappa shape index (κ3) is 4.42. The van der Waals surface area contributed by atoms with Crippen molar-refractivity contribution in [1.29, 1.82) is 0 Å². The Morgan fingerprint density at radius 2 is 1.96 bits per heavy atom. The van der Waals surface area contributed by atoms with E-state index in [1.165, 1.54) is 11.8 Å². The van der Waals surface area contributed by atoms with Gasteiger partial charge in [0, 0.05) is 18.6 Å². The summed E-state index contributed by atoms with van der Waals surface area (Å²) in [5, 5.41) is 7.90. The molecule has 8 heteroatoms. The molecule has 0 bridgehead atoms. The maximum Gasteiger partial charge on any atom is 0.280 e. The number of fused-ring (bicyclic) bond motifs is 1. The van der Waals surface area contributed by atoms with E-state index in [0.29, 0.717) is 29.3 Å². The average molecular weight is 366 g/mol. The van der Waals surface area contributed by atoms with Crippen LogP contribution in [0.3, 0.4) is 0 Å². The quantitative estimate of drug-likeness (QED) is 0.628. The summed E-state index contributed by atoms with van der Waals surface area (Å²) in [6.45, 7) is 12.8. The predicted octanol–water partition coefficient (Wildman–Crippen LogP) is 2.34. The van der Waals surface area contributed by atoms with Crippen LogP contribution >= 0.6 is 11.8 Å². The molecule has 0 radical (unpaired) electrons.